The molecule has 0 aliphatic carbocycles. The summed E-state index contributed by atoms with van der Waals surface area (Å²) >= 11 is 5.64. The third-order valence-electron chi connectivity index (χ3n) is 2.47. The summed E-state index contributed by atoms with van der Waals surface area (Å²) in [6.07, 6.45) is 3.15. The van der Waals surface area contributed by atoms with Gasteiger partial charge in [0.25, 0.3) is 0 Å². The van der Waals surface area contributed by atoms with Crippen molar-refractivity contribution in [3.8, 4) is 6.07 Å². The zero-order valence-electron chi connectivity index (χ0n) is 8.22. The molecule has 0 aromatic heterocycles. The van der Waals surface area contributed by atoms with Crippen molar-refractivity contribution in [3.63, 3.8) is 0 Å². The van der Waals surface area contributed by atoms with Gasteiger partial charge in [-0.25, -0.2) is 0 Å². The second kappa shape index (κ2) is 4.30. The second-order valence-electron chi connectivity index (χ2n) is 4.25. The van der Waals surface area contributed by atoms with E-state index < -0.39 is 0 Å². The smallest absolute Gasteiger partial charge is 0.0669 e. The first-order valence-electron chi connectivity index (χ1n) is 4.71. The Balaban J connectivity index is 2.36. The first-order valence-corrected chi connectivity index (χ1v) is 5.24. The Hall–Kier alpha value is -0.260. The van der Waals surface area contributed by atoms with Crippen LogP contribution in [0, 0.1) is 17.2 Å². The lowest BCUT2D eigenvalue weighted by Crippen LogP contribution is -2.21. The highest BCUT2D eigenvalue weighted by molar-refractivity contribution is 6.18. The van der Waals surface area contributed by atoms with Crippen LogP contribution in [-0.2, 0) is 4.74 Å². The Morgan fingerprint density at radius 3 is 2.77 bits per heavy atom. The maximum absolute atomic E-state index is 8.73. The van der Waals surface area contributed by atoms with Crippen molar-refractivity contribution >= 4 is 11.6 Å². The SMILES string of the molecule is CC1(C)CCC(CC(C#N)CCl)O1. The van der Waals surface area contributed by atoms with Gasteiger partial charge in [-0.3, -0.25) is 0 Å². The third-order valence-corrected chi connectivity index (χ3v) is 2.84. The van der Waals surface area contributed by atoms with E-state index in [-0.39, 0.29) is 17.6 Å². The minimum absolute atomic E-state index is 0.00299. The Morgan fingerprint density at radius 2 is 2.38 bits per heavy atom. The molecule has 1 aliphatic heterocycles. The maximum Gasteiger partial charge on any atom is 0.0669 e. The highest BCUT2D eigenvalue weighted by Crippen LogP contribution is 2.32. The van der Waals surface area contributed by atoms with Gasteiger partial charge in [0.1, 0.15) is 0 Å². The maximum atomic E-state index is 8.73. The van der Waals surface area contributed by atoms with Gasteiger partial charge in [0.15, 0.2) is 0 Å². The van der Waals surface area contributed by atoms with E-state index in [2.05, 4.69) is 19.9 Å². The number of ether oxygens (including phenoxy) is 1. The van der Waals surface area contributed by atoms with Gasteiger partial charge in [-0.15, -0.1) is 11.6 Å². The summed E-state index contributed by atoms with van der Waals surface area (Å²) in [5, 5.41) is 8.73. The van der Waals surface area contributed by atoms with Crippen LogP contribution >= 0.6 is 11.6 Å². The molecular formula is C10H16ClNO. The lowest BCUT2D eigenvalue weighted by atomic mass is 10.0. The standard InChI is InChI=1S/C10H16ClNO/c1-10(2)4-3-9(13-10)5-8(6-11)7-12/h8-9H,3-6H2,1-2H3. The van der Waals surface area contributed by atoms with E-state index in [0.29, 0.717) is 5.88 Å². The van der Waals surface area contributed by atoms with Crippen LogP contribution in [0.4, 0.5) is 0 Å². The van der Waals surface area contributed by atoms with Crippen LogP contribution in [0.2, 0.25) is 0 Å². The van der Waals surface area contributed by atoms with Crippen molar-refractivity contribution < 1.29 is 4.74 Å². The van der Waals surface area contributed by atoms with Crippen molar-refractivity contribution in [2.24, 2.45) is 5.92 Å². The number of rotatable bonds is 3. The van der Waals surface area contributed by atoms with Crippen molar-refractivity contribution in [1.29, 1.82) is 5.26 Å². The van der Waals surface area contributed by atoms with Crippen LogP contribution in [0.3, 0.4) is 0 Å². The molecule has 0 radical (unpaired) electrons. The molecule has 2 atom stereocenters. The van der Waals surface area contributed by atoms with Gasteiger partial charge in [-0.05, 0) is 33.1 Å². The average molecular weight is 202 g/mol. The molecule has 0 amide bonds. The topological polar surface area (TPSA) is 33.0 Å². The molecular weight excluding hydrogens is 186 g/mol. The Morgan fingerprint density at radius 1 is 1.69 bits per heavy atom. The van der Waals surface area contributed by atoms with E-state index in [1.54, 1.807) is 0 Å². The molecule has 0 N–H and O–H groups in total. The van der Waals surface area contributed by atoms with Gasteiger partial charge >= 0.3 is 0 Å². The molecule has 0 bridgehead atoms. The Bertz CT molecular complexity index is 209. The molecule has 1 fully saturated rings. The van der Waals surface area contributed by atoms with E-state index in [0.717, 1.165) is 19.3 Å². The molecule has 0 saturated carbocycles. The summed E-state index contributed by atoms with van der Waals surface area (Å²) in [4.78, 5) is 0. The molecule has 2 nitrogen and oxygen atoms in total. The van der Waals surface area contributed by atoms with Crippen molar-refractivity contribution in [3.05, 3.63) is 0 Å². The lowest BCUT2D eigenvalue weighted by molar-refractivity contribution is -0.0211. The fraction of sp³-hybridized carbons (Fsp3) is 0.900. The van der Waals surface area contributed by atoms with Gasteiger partial charge in [0.05, 0.1) is 23.7 Å². The quantitative estimate of drug-likeness (QED) is 0.658. The molecule has 1 rings (SSSR count). The first kappa shape index (κ1) is 10.8. The third kappa shape index (κ3) is 3.17. The molecule has 1 saturated heterocycles. The van der Waals surface area contributed by atoms with Crippen LogP contribution in [-0.4, -0.2) is 17.6 Å². The van der Waals surface area contributed by atoms with E-state index in [1.165, 1.54) is 0 Å². The van der Waals surface area contributed by atoms with Gasteiger partial charge in [0.2, 0.25) is 0 Å². The minimum Gasteiger partial charge on any atom is -0.372 e. The average Bonchev–Trinajstić information content (AvgIpc) is 2.41. The van der Waals surface area contributed by atoms with Crippen molar-refractivity contribution in [2.45, 2.75) is 44.8 Å². The number of nitriles is 1. The summed E-state index contributed by atoms with van der Waals surface area (Å²) in [5.41, 5.74) is -0.00299. The molecule has 1 heterocycles. The highest BCUT2D eigenvalue weighted by atomic mass is 35.5. The summed E-state index contributed by atoms with van der Waals surface area (Å²) in [7, 11) is 0. The van der Waals surface area contributed by atoms with Crippen LogP contribution < -0.4 is 0 Å². The summed E-state index contributed by atoms with van der Waals surface area (Å²) in [6, 6.07) is 2.19. The molecule has 0 spiro atoms. The normalized spacial score (nSPS) is 28.3. The largest absolute Gasteiger partial charge is 0.372 e. The first-order chi connectivity index (χ1) is 6.07. The summed E-state index contributed by atoms with van der Waals surface area (Å²) in [5.74, 6) is 0.358. The van der Waals surface area contributed by atoms with Crippen LogP contribution in [0.25, 0.3) is 0 Å². The van der Waals surface area contributed by atoms with Crippen LogP contribution in [0.5, 0.6) is 0 Å². The van der Waals surface area contributed by atoms with Crippen molar-refractivity contribution in [2.75, 3.05) is 5.88 Å². The molecule has 0 aromatic rings. The van der Waals surface area contributed by atoms with E-state index in [4.69, 9.17) is 21.6 Å². The van der Waals surface area contributed by atoms with E-state index >= 15 is 0 Å². The van der Waals surface area contributed by atoms with Gasteiger partial charge < -0.3 is 4.74 Å². The lowest BCUT2D eigenvalue weighted by Gasteiger charge is -2.19. The molecule has 3 heteroatoms. The predicted octanol–water partition coefficient (Wildman–Crippen LogP) is 2.71. The van der Waals surface area contributed by atoms with Crippen LogP contribution in [0.15, 0.2) is 0 Å². The number of hydrogen-bond acceptors (Lipinski definition) is 2. The number of halogens is 1. The number of nitrogens with zero attached hydrogens (tertiary/aromatic N) is 1. The fourth-order valence-electron chi connectivity index (χ4n) is 1.71. The Kier molecular flexibility index (Phi) is 3.58. The molecule has 74 valence electrons. The summed E-state index contributed by atoms with van der Waals surface area (Å²) in [6.45, 7) is 4.18. The monoisotopic (exact) mass is 201 g/mol. The van der Waals surface area contributed by atoms with E-state index in [9.17, 15) is 0 Å². The van der Waals surface area contributed by atoms with Gasteiger partial charge in [0, 0.05) is 5.88 Å². The highest BCUT2D eigenvalue weighted by Gasteiger charge is 2.32. The molecule has 0 aromatic carbocycles. The predicted molar refractivity (Wildman–Crippen MR) is 52.6 cm³/mol. The number of hydrogen-bond donors (Lipinski definition) is 0. The van der Waals surface area contributed by atoms with Crippen molar-refractivity contribution in [1.82, 2.24) is 0 Å². The second-order valence-corrected chi connectivity index (χ2v) is 4.56. The van der Waals surface area contributed by atoms with Gasteiger partial charge in [-0.1, -0.05) is 0 Å². The summed E-state index contributed by atoms with van der Waals surface area (Å²) < 4.78 is 5.77. The molecule has 1 aliphatic rings. The zero-order valence-corrected chi connectivity index (χ0v) is 8.97. The molecule has 2 unspecified atom stereocenters. The zero-order chi connectivity index (χ0) is 9.90. The minimum atomic E-state index is -0.0550. The number of alkyl halides is 1. The fourth-order valence-corrected chi connectivity index (χ4v) is 1.91. The Labute approximate surface area is 84.8 Å². The van der Waals surface area contributed by atoms with Gasteiger partial charge in [-0.2, -0.15) is 5.26 Å². The van der Waals surface area contributed by atoms with Crippen LogP contribution in [0.1, 0.15) is 33.1 Å². The molecule has 13 heavy (non-hydrogen) atoms. The van der Waals surface area contributed by atoms with E-state index in [1.807, 2.05) is 0 Å².